The van der Waals surface area contributed by atoms with Crippen LogP contribution in [-0.2, 0) is 7.05 Å². The predicted molar refractivity (Wildman–Crippen MR) is 89.2 cm³/mol. The molecule has 2 aromatic rings. The van der Waals surface area contributed by atoms with E-state index in [1.165, 1.54) is 23.8 Å². The van der Waals surface area contributed by atoms with Gasteiger partial charge in [-0.15, -0.1) is 5.10 Å². The van der Waals surface area contributed by atoms with Crippen LogP contribution in [0, 0.1) is 0 Å². The summed E-state index contributed by atoms with van der Waals surface area (Å²) in [5.74, 6) is -1.21. The number of aromatic carboxylic acids is 1. The Labute approximate surface area is 171 Å². The standard InChI is InChI=1S/C16H20N4O3S.Na/c1-20-12-8-7-10(14(21)22)9-13(12)24-16(20)19-18-15(23)17-11-5-3-2-4-6-11;/h7-9,11H,2-6H2,1H3,(H,21,22)(H2,17,18,23);/q;+1/p-1. The number of amides is 2. The Bertz CT molecular complexity index is 840. The molecule has 0 spiro atoms. The number of nitrogens with one attached hydrogen (secondary N) is 2. The molecular formula is C16H19N4NaO3S. The molecular weight excluding hydrogens is 351 g/mol. The summed E-state index contributed by atoms with van der Waals surface area (Å²) < 4.78 is 2.58. The quantitative estimate of drug-likeness (QED) is 0.486. The molecule has 25 heavy (non-hydrogen) atoms. The van der Waals surface area contributed by atoms with Gasteiger partial charge in [-0.2, -0.15) is 0 Å². The molecule has 1 aromatic heterocycles. The molecule has 0 unspecified atom stereocenters. The molecule has 1 aliphatic rings. The van der Waals surface area contributed by atoms with Crippen LogP contribution < -0.4 is 50.2 Å². The van der Waals surface area contributed by atoms with Gasteiger partial charge in [0.25, 0.3) is 0 Å². The second-order valence-corrected chi connectivity index (χ2v) is 6.95. The number of nitrogens with zero attached hydrogens (tertiary/aromatic N) is 2. The Kier molecular flexibility index (Phi) is 7.06. The van der Waals surface area contributed by atoms with Gasteiger partial charge in [-0.1, -0.05) is 36.7 Å². The van der Waals surface area contributed by atoms with Crippen molar-refractivity contribution in [3.05, 3.63) is 28.6 Å². The molecule has 1 saturated carbocycles. The summed E-state index contributed by atoms with van der Waals surface area (Å²) in [4.78, 5) is 23.5. The van der Waals surface area contributed by atoms with Gasteiger partial charge in [-0.25, -0.2) is 10.2 Å². The Balaban J connectivity index is 0.00000225. The molecule has 2 amide bonds. The van der Waals surface area contributed by atoms with E-state index in [0.717, 1.165) is 35.9 Å². The van der Waals surface area contributed by atoms with Crippen LogP contribution in [0.1, 0.15) is 42.5 Å². The number of carbonyl (C=O) groups is 2. The second kappa shape index (κ2) is 8.84. The summed E-state index contributed by atoms with van der Waals surface area (Å²) in [6.07, 6.45) is 5.55. The third-order valence-corrected chi connectivity index (χ3v) is 5.33. The zero-order valence-electron chi connectivity index (χ0n) is 14.4. The van der Waals surface area contributed by atoms with E-state index < -0.39 is 5.97 Å². The van der Waals surface area contributed by atoms with Gasteiger partial charge >= 0.3 is 35.6 Å². The minimum Gasteiger partial charge on any atom is -0.545 e. The summed E-state index contributed by atoms with van der Waals surface area (Å²) in [7, 11) is 1.82. The number of carbonyl (C=O) groups excluding carboxylic acids is 2. The van der Waals surface area contributed by atoms with Gasteiger partial charge in [0.15, 0.2) is 0 Å². The van der Waals surface area contributed by atoms with E-state index >= 15 is 0 Å². The topological polar surface area (TPSA) is 98.6 Å². The minimum atomic E-state index is -1.21. The molecule has 0 radical (unpaired) electrons. The fourth-order valence-electron chi connectivity index (χ4n) is 2.93. The van der Waals surface area contributed by atoms with E-state index in [4.69, 9.17) is 0 Å². The van der Waals surface area contributed by atoms with Crippen molar-refractivity contribution >= 4 is 33.6 Å². The summed E-state index contributed by atoms with van der Waals surface area (Å²) in [5.41, 5.74) is 3.49. The summed E-state index contributed by atoms with van der Waals surface area (Å²) in [6, 6.07) is 4.66. The van der Waals surface area contributed by atoms with Gasteiger partial charge in [0, 0.05) is 13.1 Å². The van der Waals surface area contributed by atoms with E-state index in [1.807, 2.05) is 7.05 Å². The Morgan fingerprint density at radius 1 is 1.28 bits per heavy atom. The van der Waals surface area contributed by atoms with E-state index in [2.05, 4.69) is 15.8 Å². The third kappa shape index (κ3) is 4.84. The normalized spacial score (nSPS) is 15.6. The van der Waals surface area contributed by atoms with Crippen LogP contribution in [0.5, 0.6) is 0 Å². The Morgan fingerprint density at radius 3 is 2.68 bits per heavy atom. The number of carboxylic acid groups (broad SMARTS) is 1. The van der Waals surface area contributed by atoms with Gasteiger partial charge in [0.1, 0.15) is 0 Å². The summed E-state index contributed by atoms with van der Waals surface area (Å²) in [5, 5.41) is 18.0. The number of urea groups is 1. The van der Waals surface area contributed by atoms with Crippen LogP contribution >= 0.6 is 11.3 Å². The van der Waals surface area contributed by atoms with E-state index in [-0.39, 0.29) is 47.2 Å². The van der Waals surface area contributed by atoms with E-state index in [1.54, 1.807) is 16.7 Å². The smallest absolute Gasteiger partial charge is 0.545 e. The van der Waals surface area contributed by atoms with Crippen LogP contribution in [0.3, 0.4) is 0 Å². The zero-order valence-corrected chi connectivity index (χ0v) is 17.2. The van der Waals surface area contributed by atoms with Gasteiger partial charge in [-0.3, -0.25) is 0 Å². The minimum absolute atomic E-state index is 0. The molecule has 0 saturated heterocycles. The van der Waals surface area contributed by atoms with Crippen molar-refractivity contribution in [3.8, 4) is 0 Å². The molecule has 0 aliphatic heterocycles. The summed E-state index contributed by atoms with van der Waals surface area (Å²) >= 11 is 1.31. The van der Waals surface area contributed by atoms with Gasteiger partial charge in [-0.05, 0) is 30.5 Å². The Morgan fingerprint density at radius 2 is 2.00 bits per heavy atom. The first-order chi connectivity index (χ1) is 11.5. The number of aromatic nitrogens is 1. The van der Waals surface area contributed by atoms with Crippen LogP contribution in [0.4, 0.5) is 4.79 Å². The molecule has 2 N–H and O–H groups in total. The molecule has 1 heterocycles. The largest absolute Gasteiger partial charge is 1.00 e. The van der Waals surface area contributed by atoms with Gasteiger partial charge < -0.3 is 19.8 Å². The predicted octanol–water partition coefficient (Wildman–Crippen LogP) is -1.95. The maximum atomic E-state index is 11.9. The van der Waals surface area contributed by atoms with Crippen molar-refractivity contribution < 1.29 is 44.3 Å². The first kappa shape index (κ1) is 20.0. The molecule has 0 atom stereocenters. The maximum Gasteiger partial charge on any atom is 1.00 e. The van der Waals surface area contributed by atoms with Crippen LogP contribution in [-0.4, -0.2) is 22.6 Å². The second-order valence-electron chi connectivity index (χ2n) is 5.95. The number of thiazole rings is 1. The fraction of sp³-hybridized carbons (Fsp3) is 0.438. The molecule has 3 rings (SSSR count). The number of rotatable bonds is 3. The van der Waals surface area contributed by atoms with Crippen molar-refractivity contribution in [2.75, 3.05) is 0 Å². The molecule has 0 bridgehead atoms. The number of hydrogen-bond donors (Lipinski definition) is 2. The molecule has 1 aromatic carbocycles. The number of aryl methyl sites for hydroxylation is 1. The zero-order chi connectivity index (χ0) is 17.1. The van der Waals surface area contributed by atoms with E-state index in [0.29, 0.717) is 4.80 Å². The van der Waals surface area contributed by atoms with E-state index in [9.17, 15) is 14.7 Å². The third-order valence-electron chi connectivity index (χ3n) is 4.24. The molecule has 1 aliphatic carbocycles. The van der Waals surface area contributed by atoms with Crippen LogP contribution in [0.15, 0.2) is 23.3 Å². The van der Waals surface area contributed by atoms with Crippen molar-refractivity contribution in [2.24, 2.45) is 12.1 Å². The molecule has 128 valence electrons. The fourth-order valence-corrected chi connectivity index (χ4v) is 3.95. The average Bonchev–Trinajstić information content (AvgIpc) is 2.89. The van der Waals surface area contributed by atoms with Crippen molar-refractivity contribution in [1.82, 2.24) is 15.3 Å². The maximum absolute atomic E-state index is 11.9. The van der Waals surface area contributed by atoms with Crippen LogP contribution in [0.2, 0.25) is 0 Å². The SMILES string of the molecule is Cn1c(=NNC(=O)NC2CCCCC2)sc2cc(C(=O)[O-])ccc21.[Na+]. The van der Waals surface area contributed by atoms with Gasteiger partial charge in [0.05, 0.1) is 16.2 Å². The Hall–Kier alpha value is -1.35. The number of fused-ring (bicyclic) bond motifs is 1. The van der Waals surface area contributed by atoms with Crippen LogP contribution in [0.25, 0.3) is 10.2 Å². The molecule has 7 nitrogen and oxygen atoms in total. The molecule has 9 heteroatoms. The monoisotopic (exact) mass is 370 g/mol. The molecule has 1 fully saturated rings. The first-order valence-electron chi connectivity index (χ1n) is 7.96. The van der Waals surface area contributed by atoms with Crippen molar-refractivity contribution in [3.63, 3.8) is 0 Å². The van der Waals surface area contributed by atoms with Crippen molar-refractivity contribution in [2.45, 2.75) is 38.1 Å². The number of benzene rings is 1. The average molecular weight is 370 g/mol. The first-order valence-corrected chi connectivity index (χ1v) is 8.77. The number of hydrogen-bond acceptors (Lipinski definition) is 5. The number of carboxylic acids is 1. The van der Waals surface area contributed by atoms with Gasteiger partial charge in [0.2, 0.25) is 4.80 Å². The summed E-state index contributed by atoms with van der Waals surface area (Å²) in [6.45, 7) is 0. The van der Waals surface area contributed by atoms with Crippen molar-refractivity contribution in [1.29, 1.82) is 0 Å².